The molecule has 0 bridgehead atoms. The molecule has 248 valence electrons. The number of nitrogens with one attached hydrogen (secondary N) is 1. The second kappa shape index (κ2) is 16.2. The van der Waals surface area contributed by atoms with E-state index in [-0.39, 0.29) is 39.0 Å². The van der Waals surface area contributed by atoms with Crippen molar-refractivity contribution in [3.63, 3.8) is 0 Å². The van der Waals surface area contributed by atoms with E-state index < -0.39 is 11.9 Å². The van der Waals surface area contributed by atoms with E-state index in [1.165, 1.54) is 44.6 Å². The van der Waals surface area contributed by atoms with Gasteiger partial charge in [0.15, 0.2) is 16.5 Å². The molecule has 12 nitrogen and oxygen atoms in total. The first-order valence-corrected chi connectivity index (χ1v) is 15.2. The Bertz CT molecular complexity index is 1630. The van der Waals surface area contributed by atoms with Crippen LogP contribution in [-0.4, -0.2) is 69.6 Å². The molecule has 2 aliphatic carbocycles. The van der Waals surface area contributed by atoms with Gasteiger partial charge in [-0.15, -0.1) is 20.4 Å². The van der Waals surface area contributed by atoms with Gasteiger partial charge in [0.25, 0.3) is 0 Å². The third kappa shape index (κ3) is 8.57. The fourth-order valence-electron chi connectivity index (χ4n) is 5.22. The van der Waals surface area contributed by atoms with E-state index in [1.54, 1.807) is 30.6 Å². The van der Waals surface area contributed by atoms with Crippen molar-refractivity contribution in [2.45, 2.75) is 49.4 Å². The van der Waals surface area contributed by atoms with Crippen LogP contribution in [0.25, 0.3) is 0 Å². The summed E-state index contributed by atoms with van der Waals surface area (Å²) in [4.78, 5) is 30.4. The molecule has 0 saturated heterocycles. The summed E-state index contributed by atoms with van der Waals surface area (Å²) in [5, 5.41) is 18.1. The lowest BCUT2D eigenvalue weighted by molar-refractivity contribution is 0.0584. The highest BCUT2D eigenvalue weighted by molar-refractivity contribution is 6.29. The van der Waals surface area contributed by atoms with Crippen molar-refractivity contribution in [2.75, 3.05) is 32.6 Å². The number of carbonyl (C=O) groups is 2. The number of anilines is 1. The lowest BCUT2D eigenvalue weighted by Gasteiger charge is -2.41. The first-order valence-electron chi connectivity index (χ1n) is 14.8. The number of halogens is 3. The van der Waals surface area contributed by atoms with Gasteiger partial charge in [0.05, 0.1) is 25.6 Å². The van der Waals surface area contributed by atoms with E-state index >= 15 is 0 Å². The quantitative estimate of drug-likeness (QED) is 0.245. The molecule has 0 aromatic carbocycles. The van der Waals surface area contributed by atoms with Gasteiger partial charge in [0, 0.05) is 36.3 Å². The van der Waals surface area contributed by atoms with Crippen LogP contribution < -0.4 is 11.1 Å². The number of nitrogens with two attached hydrogens (primary N) is 1. The highest BCUT2D eigenvalue weighted by Gasteiger charge is 2.42. The molecule has 2 aliphatic rings. The topological polar surface area (TPSA) is 168 Å². The minimum atomic E-state index is -0.532. The fraction of sp³-hybridized carbons (Fsp3) is 0.375. The van der Waals surface area contributed by atoms with Crippen LogP contribution in [0.4, 0.5) is 14.6 Å². The predicted molar refractivity (Wildman–Crippen MR) is 169 cm³/mol. The molecule has 2 saturated carbocycles. The largest absolute Gasteiger partial charge is 0.464 e. The van der Waals surface area contributed by atoms with Crippen LogP contribution in [0.1, 0.15) is 70.9 Å². The molecule has 4 aromatic rings. The van der Waals surface area contributed by atoms with Crippen molar-refractivity contribution in [3.05, 3.63) is 100 Å². The molecule has 3 N–H and O–H groups in total. The molecular formula is C32H35ClF2N8O4. The van der Waals surface area contributed by atoms with Crippen molar-refractivity contribution in [3.8, 4) is 0 Å². The molecule has 4 aromatic heterocycles. The summed E-state index contributed by atoms with van der Waals surface area (Å²) in [6, 6.07) is 12.2. The third-order valence-corrected chi connectivity index (χ3v) is 8.43. The van der Waals surface area contributed by atoms with Gasteiger partial charge in [0.1, 0.15) is 17.5 Å². The number of hydrogen-bond donors (Lipinski definition) is 2. The minimum absolute atomic E-state index is 0.146. The Morgan fingerprint density at radius 3 is 1.68 bits per heavy atom. The number of aromatic nitrogens is 6. The van der Waals surface area contributed by atoms with Crippen LogP contribution >= 0.6 is 11.6 Å². The highest BCUT2D eigenvalue weighted by atomic mass is 35.5. The smallest absolute Gasteiger partial charge is 0.358 e. The number of methoxy groups -OCH3 is 2. The van der Waals surface area contributed by atoms with E-state index in [0.717, 1.165) is 38.5 Å². The number of hydrogen-bond acceptors (Lipinski definition) is 12. The summed E-state index contributed by atoms with van der Waals surface area (Å²) in [6.07, 6.45) is 9.12. The normalized spacial score (nSPS) is 15.2. The van der Waals surface area contributed by atoms with Gasteiger partial charge in [-0.25, -0.2) is 18.4 Å². The fourth-order valence-corrected chi connectivity index (χ4v) is 5.32. The third-order valence-electron chi connectivity index (χ3n) is 8.23. The van der Waals surface area contributed by atoms with Gasteiger partial charge in [-0.3, -0.25) is 9.97 Å². The minimum Gasteiger partial charge on any atom is -0.464 e. The van der Waals surface area contributed by atoms with Crippen LogP contribution in [0.3, 0.4) is 0 Å². The molecule has 0 spiro atoms. The summed E-state index contributed by atoms with van der Waals surface area (Å²) in [5.74, 6) is -1.02. The van der Waals surface area contributed by atoms with E-state index in [1.807, 2.05) is 0 Å². The summed E-state index contributed by atoms with van der Waals surface area (Å²) in [6.45, 7) is 1.02. The van der Waals surface area contributed by atoms with Gasteiger partial charge in [-0.05, 0) is 74.2 Å². The van der Waals surface area contributed by atoms with Crippen molar-refractivity contribution in [1.82, 2.24) is 30.4 Å². The SMILES string of the molecule is COC(=O)c1ccc(Cl)nn1.COC(=O)c1ccc(NCC2(c3ncccc3F)CCC2)nn1.NCC1(c2ncccc2F)CCC1. The first kappa shape index (κ1) is 35.2. The van der Waals surface area contributed by atoms with Crippen LogP contribution in [0.5, 0.6) is 0 Å². The lowest BCUT2D eigenvalue weighted by Crippen LogP contribution is -2.43. The number of rotatable bonds is 8. The van der Waals surface area contributed by atoms with Crippen molar-refractivity contribution < 1.29 is 27.8 Å². The van der Waals surface area contributed by atoms with Crippen molar-refractivity contribution >= 4 is 29.4 Å². The number of esters is 2. The molecule has 15 heteroatoms. The monoisotopic (exact) mass is 668 g/mol. The Hall–Kier alpha value is -4.69. The second-order valence-electron chi connectivity index (χ2n) is 11.0. The number of pyridine rings is 2. The Morgan fingerprint density at radius 2 is 1.30 bits per heavy atom. The lowest BCUT2D eigenvalue weighted by atomic mass is 9.66. The summed E-state index contributed by atoms with van der Waals surface area (Å²) in [5.41, 5.74) is 6.54. The Balaban J connectivity index is 0.000000176. The Kier molecular flexibility index (Phi) is 12.1. The molecule has 2 fully saturated rings. The molecular weight excluding hydrogens is 634 g/mol. The van der Waals surface area contributed by atoms with Gasteiger partial charge in [-0.2, -0.15) is 0 Å². The number of nitrogens with zero attached hydrogens (tertiary/aromatic N) is 6. The van der Waals surface area contributed by atoms with Crippen LogP contribution in [0.15, 0.2) is 60.9 Å². The number of ether oxygens (including phenoxy) is 2. The zero-order chi connectivity index (χ0) is 33.9. The summed E-state index contributed by atoms with van der Waals surface area (Å²) >= 11 is 5.43. The van der Waals surface area contributed by atoms with Gasteiger partial charge < -0.3 is 20.5 Å². The zero-order valence-electron chi connectivity index (χ0n) is 26.0. The first-order chi connectivity index (χ1) is 22.7. The van der Waals surface area contributed by atoms with E-state index in [9.17, 15) is 18.4 Å². The van der Waals surface area contributed by atoms with E-state index in [4.69, 9.17) is 17.3 Å². The van der Waals surface area contributed by atoms with Crippen LogP contribution in [0, 0.1) is 11.6 Å². The van der Waals surface area contributed by atoms with Crippen molar-refractivity contribution in [1.29, 1.82) is 0 Å². The maximum absolute atomic E-state index is 14.0. The van der Waals surface area contributed by atoms with Crippen LogP contribution in [-0.2, 0) is 20.3 Å². The Morgan fingerprint density at radius 1 is 0.787 bits per heavy atom. The molecule has 0 amide bonds. The average Bonchev–Trinajstić information content (AvgIpc) is 3.06. The van der Waals surface area contributed by atoms with Crippen LogP contribution in [0.2, 0.25) is 5.15 Å². The molecule has 0 radical (unpaired) electrons. The predicted octanol–water partition coefficient (Wildman–Crippen LogP) is 4.85. The second-order valence-corrected chi connectivity index (χ2v) is 11.4. The van der Waals surface area contributed by atoms with Gasteiger partial charge >= 0.3 is 11.9 Å². The summed E-state index contributed by atoms with van der Waals surface area (Å²) in [7, 11) is 2.57. The Labute approximate surface area is 275 Å². The zero-order valence-corrected chi connectivity index (χ0v) is 26.7. The average molecular weight is 669 g/mol. The molecule has 47 heavy (non-hydrogen) atoms. The molecule has 0 aliphatic heterocycles. The molecule has 6 rings (SSSR count). The molecule has 0 atom stereocenters. The maximum atomic E-state index is 14.0. The van der Waals surface area contributed by atoms with Crippen molar-refractivity contribution in [2.24, 2.45) is 5.73 Å². The van der Waals surface area contributed by atoms with Gasteiger partial charge in [0.2, 0.25) is 0 Å². The standard InChI is InChI=1S/C16H17FN4O2.C10H13FN2.C6H5ClN2O2/c1-23-15(22)12-5-6-13(21-20-12)19-10-16(7-3-8-16)14-11(17)4-2-9-18-14;11-8-3-1-6-13-9(8)10(7-12)4-2-5-10;1-11-6(10)4-2-3-5(7)9-8-4/h2,4-6,9H,3,7-8,10H2,1H3,(H,19,21);1,3,6H,2,4-5,7,12H2;2-3H,1H3. The van der Waals surface area contributed by atoms with E-state index in [2.05, 4.69) is 45.2 Å². The van der Waals surface area contributed by atoms with Gasteiger partial charge in [-0.1, -0.05) is 24.4 Å². The highest BCUT2D eigenvalue weighted by Crippen LogP contribution is 2.44. The number of carbonyl (C=O) groups excluding carboxylic acids is 2. The van der Waals surface area contributed by atoms with E-state index in [0.29, 0.717) is 30.3 Å². The summed E-state index contributed by atoms with van der Waals surface area (Å²) < 4.78 is 36.4. The maximum Gasteiger partial charge on any atom is 0.358 e. The molecule has 4 heterocycles. The molecule has 0 unspecified atom stereocenters.